The van der Waals surface area contributed by atoms with E-state index in [1.807, 2.05) is 29.6 Å². The fourth-order valence-corrected chi connectivity index (χ4v) is 15.1. The molecule has 1 aromatic rings. The number of aliphatic carboxylic acids is 1. The average molecular weight is 1570 g/mol. The van der Waals surface area contributed by atoms with E-state index in [0.29, 0.717) is 68.6 Å². The Labute approximate surface area is 635 Å². The van der Waals surface area contributed by atoms with E-state index in [1.54, 1.807) is 27.7 Å². The Balaban J connectivity index is 1.54. The summed E-state index contributed by atoms with van der Waals surface area (Å²) in [6.45, 7) is 11.0. The molecule has 20 N–H and O–H groups in total. The van der Waals surface area contributed by atoms with Crippen molar-refractivity contribution in [2.75, 3.05) is 24.7 Å². The van der Waals surface area contributed by atoms with Crippen LogP contribution >= 0.6 is 23.5 Å². The van der Waals surface area contributed by atoms with Crippen molar-refractivity contribution in [3.63, 3.8) is 0 Å². The van der Waals surface area contributed by atoms with Gasteiger partial charge in [-0.15, -0.1) is 0 Å². The SMILES string of the molecule is CCC[C@@H]1NC(=O)[C@H](CC(F)(F)F)NC(=O)[C@H]([C@@H](C)O)NC(=O)[C@H](CC2CNCN2)NC(=O)[C@H](CC2CCC(O)CC2)NC(=O)[C@H](C(C)(C)C)NC(=O)CCSCc2cccc(c2)CSC[C@@H](C(N)=O)NC(=O)[C@H]([C@@H](C)O)NC(=O)[C@H](CCC)NC(=O)[C@H](CC2CCC(O)CC2)NC(=O)[C@H](CCC(=O)O)NC1=O. The van der Waals surface area contributed by atoms with E-state index in [0.717, 1.165) is 18.1 Å². The number of nitrogens with one attached hydrogen (secondary N) is 13. The van der Waals surface area contributed by atoms with Crippen LogP contribution in [0.3, 0.4) is 0 Å². The lowest BCUT2D eigenvalue weighted by Gasteiger charge is -2.34. The second kappa shape index (κ2) is 44.4. The minimum Gasteiger partial charge on any atom is -0.481 e. The van der Waals surface area contributed by atoms with Crippen molar-refractivity contribution in [1.82, 2.24) is 69.1 Å². The quantitative estimate of drug-likeness (QED) is 0.0925. The van der Waals surface area contributed by atoms with Crippen molar-refractivity contribution >= 4 is 100 Å². The molecule has 4 aliphatic rings. The first-order chi connectivity index (χ1) is 50.8. The summed E-state index contributed by atoms with van der Waals surface area (Å²) in [5.74, 6) is -13.8. The van der Waals surface area contributed by atoms with Gasteiger partial charge in [0, 0.05) is 55.1 Å². The predicted octanol–water partition coefficient (Wildman–Crippen LogP) is -0.609. The minimum atomic E-state index is -5.23. The van der Waals surface area contributed by atoms with Gasteiger partial charge in [0.15, 0.2) is 0 Å². The maximum atomic E-state index is 14.8. The second-order valence-corrected chi connectivity index (χ2v) is 31.9. The third-order valence-corrected chi connectivity index (χ3v) is 21.5. The van der Waals surface area contributed by atoms with Gasteiger partial charge in [-0.2, -0.15) is 36.7 Å². The van der Waals surface area contributed by atoms with Crippen LogP contribution in [0.15, 0.2) is 24.3 Å². The van der Waals surface area contributed by atoms with Crippen molar-refractivity contribution < 1.29 is 101 Å². The maximum Gasteiger partial charge on any atom is 0.391 e. The third-order valence-electron chi connectivity index (χ3n) is 19.4. The number of halogens is 3. The van der Waals surface area contributed by atoms with Crippen molar-refractivity contribution in [1.29, 1.82) is 0 Å². The zero-order chi connectivity index (χ0) is 80.2. The van der Waals surface area contributed by atoms with Crippen LogP contribution in [0.4, 0.5) is 13.2 Å². The Bertz CT molecular complexity index is 3210. The summed E-state index contributed by atoms with van der Waals surface area (Å²) < 4.78 is 43.7. The standard InChI is InChI=1S/C71H113F3N14O18S2/c1-8-11-46-60(97)80-48(23-24-55(94)95)61(98)81-49(28-39-15-19-44(91)20-16-39)63(100)78-47(12-9-2)62(99)87-57(38(4)90)68(105)85-53(59(75)96)35-108-34-42-14-10-13-41(27-42)33-107-26-25-54(93)86-58(70(5,6)7)69(106)83-50(29-40-17-21-45(92)22-18-40)64(101)82-51(30-43-32-76-36-77-43)65(102)88-56(37(3)89)67(104)84-52(66(103)79-46)31-71(72,73)74/h10,13-14,27,37-40,43-53,56-58,76-77,89-92H,8-9,11-12,15-26,28-36H2,1-7H3,(H2,75,96)(H,78,100)(H,79,103)(H,80,97)(H,81,98)(H,82,101)(H,83,106)(H,84,104)(H,85,105)(H,86,93)(H,87,99)(H,88,102)(H,94,95)/t37-,38-,39?,40?,43?,44?,45?,46+,47+,48+,49+,50+,51+,52+,53+,56+,57+,58-/m1/s1. The van der Waals surface area contributed by atoms with Gasteiger partial charge in [0.2, 0.25) is 70.9 Å². The Kier molecular flexibility index (Phi) is 37.5. The Morgan fingerprint density at radius 1 is 0.546 bits per heavy atom. The molecule has 0 aromatic heterocycles. The summed E-state index contributed by atoms with van der Waals surface area (Å²) >= 11 is 2.66. The van der Waals surface area contributed by atoms with Gasteiger partial charge in [-0.05, 0) is 132 Å². The highest BCUT2D eigenvalue weighted by atomic mass is 32.2. The van der Waals surface area contributed by atoms with Gasteiger partial charge in [-0.1, -0.05) is 71.7 Å². The van der Waals surface area contributed by atoms with Crippen molar-refractivity contribution in [2.45, 2.75) is 285 Å². The number of thioether (sulfide) groups is 2. The molecular weight excluding hydrogens is 1460 g/mol. The molecule has 2 saturated carbocycles. The van der Waals surface area contributed by atoms with E-state index in [-0.39, 0.29) is 82.2 Å². The lowest BCUT2D eigenvalue weighted by atomic mass is 9.82. The van der Waals surface area contributed by atoms with E-state index >= 15 is 0 Å². The van der Waals surface area contributed by atoms with Crippen LogP contribution in [0.2, 0.25) is 0 Å². The molecule has 608 valence electrons. The summed E-state index contributed by atoms with van der Waals surface area (Å²) in [5, 5.41) is 85.9. The first-order valence-electron chi connectivity index (χ1n) is 37.1. The maximum absolute atomic E-state index is 14.8. The number of alkyl halides is 3. The molecule has 32 nitrogen and oxygen atoms in total. The van der Waals surface area contributed by atoms with Gasteiger partial charge in [-0.3, -0.25) is 62.3 Å². The van der Waals surface area contributed by atoms with Crippen LogP contribution in [0.25, 0.3) is 0 Å². The van der Waals surface area contributed by atoms with Crippen molar-refractivity contribution in [3.8, 4) is 0 Å². The molecule has 1 saturated heterocycles. The fraction of sp³-hybridized carbons (Fsp3) is 0.732. The molecule has 1 aromatic carbocycles. The molecule has 108 heavy (non-hydrogen) atoms. The predicted molar refractivity (Wildman–Crippen MR) is 394 cm³/mol. The monoisotopic (exact) mass is 1570 g/mol. The van der Waals surface area contributed by atoms with Crippen LogP contribution in [-0.4, -0.2) is 230 Å². The zero-order valence-corrected chi connectivity index (χ0v) is 64.1. The summed E-state index contributed by atoms with van der Waals surface area (Å²) in [5.41, 5.74) is 6.50. The number of carboxylic acid groups (broad SMARTS) is 1. The molecule has 5 rings (SSSR count). The van der Waals surface area contributed by atoms with Crippen LogP contribution in [0, 0.1) is 17.3 Å². The number of primary amides is 1. The largest absolute Gasteiger partial charge is 0.481 e. The second-order valence-electron chi connectivity index (χ2n) is 29.8. The summed E-state index contributed by atoms with van der Waals surface area (Å²) in [6.07, 6.45) is -11.1. The number of carboxylic acids is 1. The number of carbonyl (C=O) groups is 13. The van der Waals surface area contributed by atoms with Gasteiger partial charge >= 0.3 is 12.1 Å². The third kappa shape index (κ3) is 31.5. The molecule has 2 aliphatic heterocycles. The number of hydrogen-bond donors (Lipinski definition) is 19. The summed E-state index contributed by atoms with van der Waals surface area (Å²) in [4.78, 5) is 183. The molecule has 37 heteroatoms. The highest BCUT2D eigenvalue weighted by molar-refractivity contribution is 7.98. The molecule has 14 atom stereocenters. The number of carbonyl (C=O) groups excluding carboxylic acids is 12. The zero-order valence-electron chi connectivity index (χ0n) is 62.5. The van der Waals surface area contributed by atoms with Gasteiger partial charge in [0.1, 0.15) is 66.5 Å². The fourth-order valence-electron chi connectivity index (χ4n) is 13.2. The molecular formula is C71H113F3N14O18S2. The minimum absolute atomic E-state index is 0.000754. The number of nitrogens with two attached hydrogens (primary N) is 1. The van der Waals surface area contributed by atoms with Gasteiger partial charge < -0.3 is 100 Å². The molecule has 3 fully saturated rings. The molecule has 0 spiro atoms. The van der Waals surface area contributed by atoms with E-state index in [4.69, 9.17) is 5.73 Å². The van der Waals surface area contributed by atoms with Crippen LogP contribution in [-0.2, 0) is 73.8 Å². The van der Waals surface area contributed by atoms with Gasteiger partial charge in [-0.25, -0.2) is 0 Å². The highest BCUT2D eigenvalue weighted by Crippen LogP contribution is 2.31. The number of aliphatic hydroxyl groups excluding tert-OH is 4. The van der Waals surface area contributed by atoms with Crippen LogP contribution in [0.5, 0.6) is 0 Å². The molecule has 2 heterocycles. The van der Waals surface area contributed by atoms with E-state index < -0.39 is 205 Å². The Hall–Kier alpha value is -7.42. The molecule has 12 amide bonds. The van der Waals surface area contributed by atoms with Crippen LogP contribution < -0.4 is 74.9 Å². The summed E-state index contributed by atoms with van der Waals surface area (Å²) in [6, 6.07) is -11.8. The molecule has 0 radical (unpaired) electrons. The van der Waals surface area contributed by atoms with Crippen molar-refractivity contribution in [2.24, 2.45) is 23.0 Å². The normalized spacial score (nSPS) is 30.1. The van der Waals surface area contributed by atoms with Gasteiger partial charge in [0.25, 0.3) is 0 Å². The highest BCUT2D eigenvalue weighted by Gasteiger charge is 2.43. The number of fused-ring (bicyclic) bond motifs is 2. The lowest BCUT2D eigenvalue weighted by Crippen LogP contribution is -2.63. The molecule has 2 aliphatic carbocycles. The van der Waals surface area contributed by atoms with Gasteiger partial charge in [0.05, 0.1) is 30.8 Å². The Morgan fingerprint density at radius 3 is 1.41 bits per heavy atom. The molecule has 2 bridgehead atoms. The smallest absolute Gasteiger partial charge is 0.391 e. The topological polar surface area (TPSA) is 505 Å². The number of amides is 12. The number of aliphatic hydroxyl groups is 4. The number of rotatable bonds is 17. The Morgan fingerprint density at radius 2 is 0.963 bits per heavy atom. The number of benzene rings is 1. The van der Waals surface area contributed by atoms with Crippen LogP contribution in [0.1, 0.15) is 182 Å². The van der Waals surface area contributed by atoms with E-state index in [1.165, 1.54) is 37.4 Å². The summed E-state index contributed by atoms with van der Waals surface area (Å²) in [7, 11) is 0. The first-order valence-corrected chi connectivity index (χ1v) is 39.5. The van der Waals surface area contributed by atoms with E-state index in [2.05, 4.69) is 63.8 Å². The number of hydrogen-bond acceptors (Lipinski definition) is 21. The van der Waals surface area contributed by atoms with Crippen molar-refractivity contribution in [3.05, 3.63) is 35.4 Å². The van der Waals surface area contributed by atoms with E-state index in [9.17, 15) is 101 Å². The average Bonchev–Trinajstić information content (AvgIpc) is 0.844. The molecule has 1 unspecified atom stereocenters. The lowest BCUT2D eigenvalue weighted by molar-refractivity contribution is -0.153. The first kappa shape index (κ1) is 91.2.